The topological polar surface area (TPSA) is 70.7 Å². The van der Waals surface area contributed by atoms with E-state index in [-0.39, 0.29) is 11.5 Å². The van der Waals surface area contributed by atoms with E-state index in [0.29, 0.717) is 16.7 Å². The number of aryl methyl sites for hydroxylation is 1. The first-order chi connectivity index (χ1) is 9.56. The van der Waals surface area contributed by atoms with Gasteiger partial charge in [-0.15, -0.1) is 0 Å². The molecule has 3 aromatic rings. The van der Waals surface area contributed by atoms with Crippen LogP contribution in [0.3, 0.4) is 0 Å². The zero-order valence-corrected chi connectivity index (χ0v) is 10.8. The highest BCUT2D eigenvalue weighted by atomic mass is 16.4. The quantitative estimate of drug-likeness (QED) is 0.525. The van der Waals surface area contributed by atoms with E-state index >= 15 is 0 Å². The summed E-state index contributed by atoms with van der Waals surface area (Å²) in [6.07, 6.45) is 0. The van der Waals surface area contributed by atoms with Crippen molar-refractivity contribution in [2.75, 3.05) is 0 Å². The average molecular weight is 268 g/mol. The molecule has 0 saturated heterocycles. The Morgan fingerprint density at radius 1 is 1.00 bits per heavy atom. The summed E-state index contributed by atoms with van der Waals surface area (Å²) in [6, 6.07) is 11.6. The number of para-hydroxylation sites is 1. The molecule has 1 aromatic heterocycles. The first kappa shape index (κ1) is 12.3. The van der Waals surface area contributed by atoms with Crippen LogP contribution in [0.4, 0.5) is 0 Å². The van der Waals surface area contributed by atoms with E-state index in [1.807, 2.05) is 25.1 Å². The highest BCUT2D eigenvalue weighted by Crippen LogP contribution is 2.30. The van der Waals surface area contributed by atoms with Crippen LogP contribution < -0.4 is 5.63 Å². The molecule has 0 bridgehead atoms. The van der Waals surface area contributed by atoms with Crippen molar-refractivity contribution in [3.05, 3.63) is 58.4 Å². The van der Waals surface area contributed by atoms with Crippen LogP contribution in [0.1, 0.15) is 5.56 Å². The fourth-order valence-corrected chi connectivity index (χ4v) is 2.18. The van der Waals surface area contributed by atoms with Gasteiger partial charge in [-0.05, 0) is 36.2 Å². The normalized spacial score (nSPS) is 10.8. The first-order valence-electron chi connectivity index (χ1n) is 6.12. The molecule has 1 heterocycles. The van der Waals surface area contributed by atoms with Gasteiger partial charge in [-0.3, -0.25) is 0 Å². The third kappa shape index (κ3) is 1.91. The smallest absolute Gasteiger partial charge is 0.344 e. The molecule has 3 rings (SSSR count). The summed E-state index contributed by atoms with van der Waals surface area (Å²) in [6.45, 7) is 1.87. The molecule has 0 spiro atoms. The molecule has 0 aliphatic carbocycles. The fourth-order valence-electron chi connectivity index (χ4n) is 2.18. The Balaban J connectivity index is 2.28. The molecule has 100 valence electrons. The number of aromatic hydroxyl groups is 2. The molecule has 0 saturated carbocycles. The Labute approximate surface area is 114 Å². The van der Waals surface area contributed by atoms with Crippen molar-refractivity contribution in [1.82, 2.24) is 0 Å². The maximum atomic E-state index is 12.1. The van der Waals surface area contributed by atoms with E-state index in [1.165, 1.54) is 12.1 Å². The predicted molar refractivity (Wildman–Crippen MR) is 76.0 cm³/mol. The van der Waals surface area contributed by atoms with E-state index in [0.717, 1.165) is 10.9 Å². The summed E-state index contributed by atoms with van der Waals surface area (Å²) in [4.78, 5) is 12.1. The number of phenols is 2. The number of fused-ring (bicyclic) bond motifs is 1. The van der Waals surface area contributed by atoms with Crippen LogP contribution in [0.25, 0.3) is 22.1 Å². The van der Waals surface area contributed by atoms with Gasteiger partial charge in [0.25, 0.3) is 0 Å². The van der Waals surface area contributed by atoms with Gasteiger partial charge in [-0.25, -0.2) is 4.79 Å². The molecule has 0 fully saturated rings. The lowest BCUT2D eigenvalue weighted by atomic mass is 10.0. The van der Waals surface area contributed by atoms with Gasteiger partial charge >= 0.3 is 5.63 Å². The zero-order valence-electron chi connectivity index (χ0n) is 10.8. The summed E-state index contributed by atoms with van der Waals surface area (Å²) >= 11 is 0. The molecule has 0 unspecified atom stereocenters. The molecule has 0 aliphatic rings. The molecule has 0 radical (unpaired) electrons. The summed E-state index contributed by atoms with van der Waals surface area (Å²) in [7, 11) is 0. The molecular formula is C16H12O4. The van der Waals surface area contributed by atoms with Crippen molar-refractivity contribution in [1.29, 1.82) is 0 Å². The zero-order chi connectivity index (χ0) is 14.3. The number of hydrogen-bond acceptors (Lipinski definition) is 4. The minimum Gasteiger partial charge on any atom is -0.504 e. The Morgan fingerprint density at radius 3 is 2.55 bits per heavy atom. The summed E-state index contributed by atoms with van der Waals surface area (Å²) in [5.74, 6) is -0.499. The van der Waals surface area contributed by atoms with Crippen LogP contribution in [0, 0.1) is 6.92 Å². The lowest BCUT2D eigenvalue weighted by molar-refractivity contribution is 0.404. The van der Waals surface area contributed by atoms with Gasteiger partial charge in [0, 0.05) is 5.39 Å². The van der Waals surface area contributed by atoms with E-state index < -0.39 is 5.63 Å². The van der Waals surface area contributed by atoms with Crippen molar-refractivity contribution < 1.29 is 14.6 Å². The Morgan fingerprint density at radius 2 is 1.80 bits per heavy atom. The molecule has 4 nitrogen and oxygen atoms in total. The van der Waals surface area contributed by atoms with Gasteiger partial charge in [0.2, 0.25) is 0 Å². The van der Waals surface area contributed by atoms with Gasteiger partial charge in [0.05, 0.1) is 5.56 Å². The van der Waals surface area contributed by atoms with E-state index in [9.17, 15) is 15.0 Å². The Bertz CT molecular complexity index is 862. The number of rotatable bonds is 1. The maximum Gasteiger partial charge on any atom is 0.344 e. The standard InChI is InChI=1S/C16H12O4/c1-9-3-2-4-11-7-12(16(19)20-15(9)11)10-5-6-13(17)14(18)8-10/h2-8,17-18H,1H3. The van der Waals surface area contributed by atoms with Crippen LogP contribution in [-0.2, 0) is 0 Å². The third-order valence-corrected chi connectivity index (χ3v) is 3.24. The molecular weight excluding hydrogens is 256 g/mol. The van der Waals surface area contributed by atoms with Crippen LogP contribution in [-0.4, -0.2) is 10.2 Å². The molecule has 4 heteroatoms. The molecule has 0 aliphatic heterocycles. The summed E-state index contributed by atoms with van der Waals surface area (Å²) < 4.78 is 5.35. The second kappa shape index (κ2) is 4.42. The van der Waals surface area contributed by atoms with Crippen molar-refractivity contribution in [2.24, 2.45) is 0 Å². The Hall–Kier alpha value is -2.75. The van der Waals surface area contributed by atoms with E-state index in [4.69, 9.17) is 4.42 Å². The minimum absolute atomic E-state index is 0.227. The van der Waals surface area contributed by atoms with E-state index in [1.54, 1.807) is 12.1 Å². The molecule has 20 heavy (non-hydrogen) atoms. The average Bonchev–Trinajstić information content (AvgIpc) is 2.42. The van der Waals surface area contributed by atoms with Gasteiger partial charge in [0.1, 0.15) is 5.58 Å². The fraction of sp³-hybridized carbons (Fsp3) is 0.0625. The summed E-state index contributed by atoms with van der Waals surface area (Å²) in [5, 5.41) is 19.7. The van der Waals surface area contributed by atoms with Gasteiger partial charge in [-0.2, -0.15) is 0 Å². The SMILES string of the molecule is Cc1cccc2cc(-c3ccc(O)c(O)c3)c(=O)oc12. The second-order valence-electron chi connectivity index (χ2n) is 4.64. The van der Waals surface area contributed by atoms with Crippen LogP contribution >= 0.6 is 0 Å². The lowest BCUT2D eigenvalue weighted by Crippen LogP contribution is -2.03. The highest BCUT2D eigenvalue weighted by molar-refractivity contribution is 5.84. The predicted octanol–water partition coefficient (Wildman–Crippen LogP) is 3.18. The van der Waals surface area contributed by atoms with E-state index in [2.05, 4.69) is 0 Å². The monoisotopic (exact) mass is 268 g/mol. The van der Waals surface area contributed by atoms with Gasteiger partial charge < -0.3 is 14.6 Å². The largest absolute Gasteiger partial charge is 0.504 e. The van der Waals surface area contributed by atoms with Crippen LogP contribution in [0.15, 0.2) is 51.7 Å². The molecule has 2 N–H and O–H groups in total. The Kier molecular flexibility index (Phi) is 2.71. The molecule has 0 atom stereocenters. The maximum absolute atomic E-state index is 12.1. The summed E-state index contributed by atoms with van der Waals surface area (Å²) in [5.41, 5.74) is 1.82. The molecule has 2 aromatic carbocycles. The third-order valence-electron chi connectivity index (χ3n) is 3.24. The lowest BCUT2D eigenvalue weighted by Gasteiger charge is -2.05. The van der Waals surface area contributed by atoms with Crippen molar-refractivity contribution >= 4 is 11.0 Å². The van der Waals surface area contributed by atoms with Crippen molar-refractivity contribution in [2.45, 2.75) is 6.92 Å². The number of phenolic OH excluding ortho intramolecular Hbond substituents is 2. The highest BCUT2D eigenvalue weighted by Gasteiger charge is 2.10. The van der Waals surface area contributed by atoms with Crippen molar-refractivity contribution in [3.8, 4) is 22.6 Å². The van der Waals surface area contributed by atoms with Crippen LogP contribution in [0.5, 0.6) is 11.5 Å². The van der Waals surface area contributed by atoms with Crippen LogP contribution in [0.2, 0.25) is 0 Å². The number of hydrogen-bond donors (Lipinski definition) is 2. The van der Waals surface area contributed by atoms with Crippen molar-refractivity contribution in [3.63, 3.8) is 0 Å². The minimum atomic E-state index is -0.475. The van der Waals surface area contributed by atoms with Gasteiger partial charge in [0.15, 0.2) is 11.5 Å². The first-order valence-corrected chi connectivity index (χ1v) is 6.12. The van der Waals surface area contributed by atoms with Gasteiger partial charge in [-0.1, -0.05) is 24.3 Å². The number of benzene rings is 2. The second-order valence-corrected chi connectivity index (χ2v) is 4.64. The molecule has 0 amide bonds.